The lowest BCUT2D eigenvalue weighted by atomic mass is 10.0. The maximum absolute atomic E-state index is 13.4. The predicted octanol–water partition coefficient (Wildman–Crippen LogP) is 5.86. The first-order chi connectivity index (χ1) is 23.0. The number of carbonyl (C=O) groups is 4. The minimum Gasteiger partial charge on any atom is -0.449 e. The summed E-state index contributed by atoms with van der Waals surface area (Å²) in [6, 6.07) is 1.19. The zero-order valence-corrected chi connectivity index (χ0v) is 27.8. The van der Waals surface area contributed by atoms with E-state index in [2.05, 4.69) is 20.3 Å². The van der Waals surface area contributed by atoms with Crippen LogP contribution in [-0.2, 0) is 43.6 Å². The number of azide groups is 1. The highest BCUT2D eigenvalue weighted by Crippen LogP contribution is 2.46. The van der Waals surface area contributed by atoms with Gasteiger partial charge in [-0.2, -0.15) is 4.98 Å². The summed E-state index contributed by atoms with van der Waals surface area (Å²) in [5.74, 6) is -3.13. The van der Waals surface area contributed by atoms with Crippen molar-refractivity contribution in [1.82, 2.24) is 9.55 Å². The average molecular weight is 685 g/mol. The second-order valence-corrected chi connectivity index (χ2v) is 10.6. The molecule has 1 aromatic rings. The molecule has 0 aliphatic carbocycles. The molecule has 1 aliphatic heterocycles. The fourth-order valence-electron chi connectivity index (χ4n) is 4.20. The number of nitrogens with one attached hydrogen (secondary N) is 1. The van der Waals surface area contributed by atoms with E-state index < -0.39 is 54.1 Å². The van der Waals surface area contributed by atoms with Crippen LogP contribution in [0.15, 0.2) is 22.2 Å². The van der Waals surface area contributed by atoms with Crippen molar-refractivity contribution in [2.45, 2.75) is 110 Å². The number of unbranched alkanes of at least 4 members (excludes halogenated alkanes) is 4. The highest BCUT2D eigenvalue weighted by atomic mass is 16.9. The fraction of sp³-hybridized carbons (Fsp3) is 0.724. The Bertz CT molecular complexity index is 1340. The topological polar surface area (TPSA) is 238 Å². The number of anilines is 1. The van der Waals surface area contributed by atoms with Crippen LogP contribution in [0.1, 0.15) is 86.0 Å². The Morgan fingerprint density at radius 2 is 1.38 bits per heavy atom. The summed E-state index contributed by atoms with van der Waals surface area (Å²) in [7, 11) is 0. The number of carbonyl (C=O) groups excluding carboxylic acids is 4. The molecule has 1 N–H and O–H groups in total. The normalized spacial score (nSPS) is 21.3. The maximum atomic E-state index is 13.4. The van der Waals surface area contributed by atoms with Gasteiger partial charge in [-0.05, 0) is 49.3 Å². The van der Waals surface area contributed by atoms with Crippen molar-refractivity contribution in [2.75, 3.05) is 31.7 Å². The first-order valence-electron chi connectivity index (χ1n) is 15.8. The minimum absolute atomic E-state index is 0.0534. The van der Waals surface area contributed by atoms with Crippen molar-refractivity contribution in [1.29, 1.82) is 0 Å². The third kappa shape index (κ3) is 11.2. The van der Waals surface area contributed by atoms with E-state index in [0.29, 0.717) is 44.9 Å². The van der Waals surface area contributed by atoms with Crippen molar-refractivity contribution < 1.29 is 57.1 Å². The molecule has 0 radical (unpaired) electrons. The van der Waals surface area contributed by atoms with E-state index in [1.54, 1.807) is 0 Å². The first kappa shape index (κ1) is 39.4. The van der Waals surface area contributed by atoms with Crippen molar-refractivity contribution >= 4 is 30.4 Å². The summed E-state index contributed by atoms with van der Waals surface area (Å²) in [5.41, 5.74) is 6.17. The Morgan fingerprint density at radius 3 is 1.88 bits per heavy atom. The zero-order valence-electron chi connectivity index (χ0n) is 27.8. The SMILES string of the molecule is CCCCOC(=O)Nc1ccn([C@]2(C)O[C@@](N=[N+]=[N-])(OC(=O)OCCCC)[C@@H](OC(=O)OCCCC)[C@H]2OC(=O)OCCCC)c(=O)n1. The lowest BCUT2D eigenvalue weighted by molar-refractivity contribution is -0.267. The zero-order chi connectivity index (χ0) is 35.6. The van der Waals surface area contributed by atoms with Gasteiger partial charge in [0.05, 0.1) is 26.4 Å². The van der Waals surface area contributed by atoms with Crippen LogP contribution in [0.4, 0.5) is 25.0 Å². The summed E-state index contributed by atoms with van der Waals surface area (Å²) < 4.78 is 43.4. The van der Waals surface area contributed by atoms with Crippen LogP contribution in [0.3, 0.4) is 0 Å². The Morgan fingerprint density at radius 1 is 0.875 bits per heavy atom. The number of ether oxygens (including phenoxy) is 8. The van der Waals surface area contributed by atoms with Crippen LogP contribution < -0.4 is 11.0 Å². The van der Waals surface area contributed by atoms with E-state index in [4.69, 9.17) is 37.9 Å². The Balaban J connectivity index is 2.65. The quantitative estimate of drug-likeness (QED) is 0.0476. The van der Waals surface area contributed by atoms with E-state index in [1.165, 1.54) is 13.0 Å². The molecule has 1 amide bonds. The van der Waals surface area contributed by atoms with Crippen LogP contribution in [0.5, 0.6) is 0 Å². The Hall–Kier alpha value is -4.77. The van der Waals surface area contributed by atoms with Gasteiger partial charge in [0, 0.05) is 11.1 Å². The third-order valence-corrected chi connectivity index (χ3v) is 6.77. The van der Waals surface area contributed by atoms with Gasteiger partial charge >= 0.3 is 36.2 Å². The Labute approximate surface area is 277 Å². The number of aromatic nitrogens is 2. The Kier molecular flexibility index (Phi) is 16.2. The van der Waals surface area contributed by atoms with Crippen LogP contribution in [0.2, 0.25) is 0 Å². The molecular formula is C29H44N6O13. The molecule has 4 atom stereocenters. The van der Waals surface area contributed by atoms with E-state index in [-0.39, 0.29) is 32.2 Å². The number of nitrogens with zero attached hydrogens (tertiary/aromatic N) is 5. The van der Waals surface area contributed by atoms with Crippen molar-refractivity contribution in [3.8, 4) is 0 Å². The summed E-state index contributed by atoms with van der Waals surface area (Å²) in [6.45, 7) is 8.59. The van der Waals surface area contributed by atoms with Gasteiger partial charge in [0.1, 0.15) is 5.82 Å². The van der Waals surface area contributed by atoms with Crippen LogP contribution in [0, 0.1) is 0 Å². The van der Waals surface area contributed by atoms with Gasteiger partial charge in [0.2, 0.25) is 6.10 Å². The lowest BCUT2D eigenvalue weighted by Crippen LogP contribution is -2.52. The number of amides is 1. The van der Waals surface area contributed by atoms with Gasteiger partial charge in [-0.1, -0.05) is 53.4 Å². The molecule has 1 saturated heterocycles. The lowest BCUT2D eigenvalue weighted by Gasteiger charge is -2.31. The molecule has 0 aromatic carbocycles. The third-order valence-electron chi connectivity index (χ3n) is 6.77. The second kappa shape index (κ2) is 19.8. The van der Waals surface area contributed by atoms with E-state index in [9.17, 15) is 29.5 Å². The number of hydrogen-bond acceptors (Lipinski definition) is 15. The molecule has 1 aromatic heterocycles. The van der Waals surface area contributed by atoms with E-state index >= 15 is 0 Å². The molecular weight excluding hydrogens is 640 g/mol. The number of rotatable bonds is 18. The maximum Gasteiger partial charge on any atom is 0.511 e. The molecule has 2 heterocycles. The molecule has 19 heteroatoms. The molecule has 0 unspecified atom stereocenters. The standard InChI is InChI=1S/C29H44N6O13/c1-6-10-16-41-24(37)32-20-14-15-35(23(36)31-20)28(5)21(45-25(38)42-17-11-7-2)22(46-26(39)43-18-12-8-3)29(48-28,33-34-30)47-27(40)44-19-13-9-4/h14-15,21-22H,6-13,16-19H2,1-5H3,(H,31,32,36,37)/t21-,22+,28-,29+/m1/s1. The van der Waals surface area contributed by atoms with Gasteiger partial charge in [-0.15, -0.1) is 0 Å². The molecule has 2 rings (SSSR count). The second-order valence-electron chi connectivity index (χ2n) is 10.6. The molecule has 1 aliphatic rings. The van der Waals surface area contributed by atoms with Gasteiger partial charge in [0.15, 0.2) is 11.8 Å². The first-order valence-corrected chi connectivity index (χ1v) is 15.8. The molecule has 0 bridgehead atoms. The average Bonchev–Trinajstić information content (AvgIpc) is 3.24. The summed E-state index contributed by atoms with van der Waals surface area (Å²) in [5, 5.41) is 5.81. The molecule has 1 fully saturated rings. The monoisotopic (exact) mass is 684 g/mol. The fourth-order valence-corrected chi connectivity index (χ4v) is 4.20. The smallest absolute Gasteiger partial charge is 0.449 e. The molecule has 268 valence electrons. The molecule has 0 spiro atoms. The highest BCUT2D eigenvalue weighted by molar-refractivity contribution is 5.83. The van der Waals surface area contributed by atoms with Gasteiger partial charge < -0.3 is 37.9 Å². The van der Waals surface area contributed by atoms with Crippen molar-refractivity contribution in [2.24, 2.45) is 5.11 Å². The van der Waals surface area contributed by atoms with Gasteiger partial charge in [-0.25, -0.2) is 24.0 Å². The highest BCUT2D eigenvalue weighted by Gasteiger charge is 2.69. The van der Waals surface area contributed by atoms with Gasteiger partial charge in [0.25, 0.3) is 0 Å². The number of hydrogen-bond donors (Lipinski definition) is 1. The van der Waals surface area contributed by atoms with Crippen LogP contribution in [0.25, 0.3) is 10.4 Å². The predicted molar refractivity (Wildman–Crippen MR) is 165 cm³/mol. The summed E-state index contributed by atoms with van der Waals surface area (Å²) in [4.78, 5) is 70.6. The van der Waals surface area contributed by atoms with E-state index in [1.807, 2.05) is 27.7 Å². The minimum atomic E-state index is -2.93. The molecule has 48 heavy (non-hydrogen) atoms. The van der Waals surface area contributed by atoms with Crippen molar-refractivity contribution in [3.05, 3.63) is 33.2 Å². The van der Waals surface area contributed by atoms with E-state index in [0.717, 1.165) is 17.2 Å². The van der Waals surface area contributed by atoms with Gasteiger partial charge in [-0.3, -0.25) is 9.88 Å². The molecule has 0 saturated carbocycles. The van der Waals surface area contributed by atoms with Crippen LogP contribution in [-0.4, -0.2) is 78.7 Å². The largest absolute Gasteiger partial charge is 0.511 e. The van der Waals surface area contributed by atoms with Crippen molar-refractivity contribution in [3.63, 3.8) is 0 Å². The van der Waals surface area contributed by atoms with Crippen LogP contribution >= 0.6 is 0 Å². The summed E-state index contributed by atoms with van der Waals surface area (Å²) in [6.07, 6.45) is -2.99. The summed E-state index contributed by atoms with van der Waals surface area (Å²) >= 11 is 0. The molecule has 19 nitrogen and oxygen atoms in total.